The summed E-state index contributed by atoms with van der Waals surface area (Å²) in [6.07, 6.45) is 3.44. The molecule has 18 heavy (non-hydrogen) atoms. The first-order valence-electron chi connectivity index (χ1n) is 6.81. The number of benzene rings is 1. The lowest BCUT2D eigenvalue weighted by molar-refractivity contribution is 0.134. The maximum Gasteiger partial charge on any atom is 0.123 e. The van der Waals surface area contributed by atoms with Gasteiger partial charge >= 0.3 is 0 Å². The van der Waals surface area contributed by atoms with Gasteiger partial charge < -0.3 is 4.74 Å². The molecule has 98 valence electrons. The van der Waals surface area contributed by atoms with E-state index in [2.05, 4.69) is 4.90 Å². The van der Waals surface area contributed by atoms with Crippen LogP contribution >= 0.6 is 0 Å². The first kappa shape index (κ1) is 12.1. The maximum atomic E-state index is 13.4. The van der Waals surface area contributed by atoms with Crippen LogP contribution in [0.5, 0.6) is 0 Å². The van der Waals surface area contributed by atoms with Gasteiger partial charge in [0.1, 0.15) is 5.82 Å². The molecule has 0 saturated carbocycles. The van der Waals surface area contributed by atoms with Crippen molar-refractivity contribution in [3.8, 4) is 0 Å². The zero-order valence-corrected chi connectivity index (χ0v) is 10.9. The van der Waals surface area contributed by atoms with Crippen LogP contribution in [0.2, 0.25) is 0 Å². The van der Waals surface area contributed by atoms with Crippen molar-refractivity contribution in [1.29, 1.82) is 0 Å². The minimum atomic E-state index is -0.0928. The van der Waals surface area contributed by atoms with E-state index in [0.717, 1.165) is 32.5 Å². The van der Waals surface area contributed by atoms with Crippen LogP contribution in [0, 0.1) is 5.82 Å². The molecule has 0 bridgehead atoms. The minimum Gasteiger partial charge on any atom is -0.383 e. The molecule has 1 aromatic rings. The molecule has 3 rings (SSSR count). The van der Waals surface area contributed by atoms with Crippen molar-refractivity contribution in [3.63, 3.8) is 0 Å². The van der Waals surface area contributed by atoms with E-state index in [-0.39, 0.29) is 5.82 Å². The van der Waals surface area contributed by atoms with Crippen LogP contribution in [-0.4, -0.2) is 37.7 Å². The molecule has 0 unspecified atom stereocenters. The van der Waals surface area contributed by atoms with Gasteiger partial charge in [-0.3, -0.25) is 4.90 Å². The molecule has 2 atom stereocenters. The van der Waals surface area contributed by atoms with E-state index in [1.165, 1.54) is 17.5 Å². The lowest BCUT2D eigenvalue weighted by atomic mass is 9.79. The van der Waals surface area contributed by atoms with Crippen molar-refractivity contribution in [1.82, 2.24) is 4.90 Å². The van der Waals surface area contributed by atoms with E-state index in [0.29, 0.717) is 12.0 Å². The van der Waals surface area contributed by atoms with Gasteiger partial charge in [0.2, 0.25) is 0 Å². The smallest absolute Gasteiger partial charge is 0.123 e. The molecule has 0 spiro atoms. The van der Waals surface area contributed by atoms with E-state index in [1.807, 2.05) is 6.07 Å². The predicted molar refractivity (Wildman–Crippen MR) is 69.3 cm³/mol. The van der Waals surface area contributed by atoms with Crippen molar-refractivity contribution in [2.75, 3.05) is 26.8 Å². The predicted octanol–water partition coefficient (Wildman–Crippen LogP) is 2.58. The number of ether oxygens (including phenoxy) is 1. The number of likely N-dealkylation sites (tertiary alicyclic amines) is 1. The van der Waals surface area contributed by atoms with Crippen LogP contribution in [0.1, 0.15) is 29.9 Å². The number of hydrogen-bond donors (Lipinski definition) is 0. The van der Waals surface area contributed by atoms with Crippen LogP contribution in [0.25, 0.3) is 0 Å². The highest BCUT2D eigenvalue weighted by atomic mass is 19.1. The summed E-state index contributed by atoms with van der Waals surface area (Å²) in [5, 5.41) is 0. The average Bonchev–Trinajstić information content (AvgIpc) is 2.79. The lowest BCUT2D eigenvalue weighted by Crippen LogP contribution is -2.37. The highest BCUT2D eigenvalue weighted by molar-refractivity contribution is 5.36. The second-order valence-corrected chi connectivity index (χ2v) is 5.37. The van der Waals surface area contributed by atoms with Crippen LogP contribution < -0.4 is 0 Å². The van der Waals surface area contributed by atoms with Crippen LogP contribution in [0.3, 0.4) is 0 Å². The third-order valence-corrected chi connectivity index (χ3v) is 4.46. The molecular formula is C15H20FNO. The van der Waals surface area contributed by atoms with Crippen LogP contribution in [0.15, 0.2) is 18.2 Å². The number of rotatable bonds is 3. The Morgan fingerprint density at radius 2 is 2.28 bits per heavy atom. The largest absolute Gasteiger partial charge is 0.383 e. The third-order valence-electron chi connectivity index (χ3n) is 4.46. The van der Waals surface area contributed by atoms with Crippen molar-refractivity contribution >= 4 is 0 Å². The molecule has 1 fully saturated rings. The van der Waals surface area contributed by atoms with Crippen molar-refractivity contribution in [2.24, 2.45) is 0 Å². The molecular weight excluding hydrogens is 229 g/mol. The van der Waals surface area contributed by atoms with Crippen molar-refractivity contribution in [2.45, 2.75) is 31.2 Å². The van der Waals surface area contributed by atoms with E-state index in [4.69, 9.17) is 4.74 Å². The Morgan fingerprint density at radius 1 is 1.39 bits per heavy atom. The van der Waals surface area contributed by atoms with E-state index >= 15 is 0 Å². The lowest BCUT2D eigenvalue weighted by Gasteiger charge is -2.33. The fraction of sp³-hybridized carbons (Fsp3) is 0.600. The van der Waals surface area contributed by atoms with Gasteiger partial charge in [0.25, 0.3) is 0 Å². The zero-order valence-electron chi connectivity index (χ0n) is 10.9. The number of aryl methyl sites for hydroxylation is 1. The zero-order chi connectivity index (χ0) is 12.5. The number of hydrogen-bond acceptors (Lipinski definition) is 2. The summed E-state index contributed by atoms with van der Waals surface area (Å²) in [7, 11) is 1.75. The topological polar surface area (TPSA) is 12.5 Å². The highest BCUT2D eigenvalue weighted by Gasteiger charge is 2.38. The summed E-state index contributed by atoms with van der Waals surface area (Å²) in [5.74, 6) is 0.436. The number of fused-ring (bicyclic) bond motifs is 3. The van der Waals surface area contributed by atoms with Gasteiger partial charge in [-0.25, -0.2) is 4.39 Å². The Bertz CT molecular complexity index is 435. The first-order chi connectivity index (χ1) is 8.79. The van der Waals surface area contributed by atoms with Gasteiger partial charge in [0.15, 0.2) is 0 Å². The summed E-state index contributed by atoms with van der Waals surface area (Å²) < 4.78 is 18.6. The number of nitrogens with zero attached hydrogens (tertiary/aromatic N) is 1. The SMILES string of the molecule is COCCN1CC[C@H]2c3cc(F)ccc3CC[C@H]21. The molecule has 0 radical (unpaired) electrons. The normalized spacial score (nSPS) is 27.0. The van der Waals surface area contributed by atoms with Gasteiger partial charge in [-0.1, -0.05) is 6.07 Å². The van der Waals surface area contributed by atoms with Gasteiger partial charge in [-0.05, 0) is 49.1 Å². The van der Waals surface area contributed by atoms with E-state index in [1.54, 1.807) is 19.2 Å². The Balaban J connectivity index is 1.82. The molecule has 3 heteroatoms. The highest BCUT2D eigenvalue weighted by Crippen LogP contribution is 2.41. The Hall–Kier alpha value is -0.930. The summed E-state index contributed by atoms with van der Waals surface area (Å²) >= 11 is 0. The molecule has 1 aromatic carbocycles. The minimum absolute atomic E-state index is 0.0928. The second kappa shape index (κ2) is 4.98. The van der Waals surface area contributed by atoms with Crippen LogP contribution in [-0.2, 0) is 11.2 Å². The summed E-state index contributed by atoms with van der Waals surface area (Å²) in [6, 6.07) is 5.91. The van der Waals surface area contributed by atoms with Gasteiger partial charge in [-0.15, -0.1) is 0 Å². The molecule has 2 nitrogen and oxygen atoms in total. The Kier molecular flexibility index (Phi) is 3.35. The molecule has 1 saturated heterocycles. The summed E-state index contributed by atoms with van der Waals surface area (Å²) in [5.41, 5.74) is 2.61. The first-order valence-corrected chi connectivity index (χ1v) is 6.81. The standard InChI is InChI=1S/C15H20FNO/c1-18-9-8-17-7-6-13-14-10-12(16)4-2-11(14)3-5-15(13)17/h2,4,10,13,15H,3,5-9H2,1H3/t13-,15+/m0/s1. The molecule has 1 aliphatic carbocycles. The van der Waals surface area contributed by atoms with Crippen molar-refractivity contribution < 1.29 is 9.13 Å². The molecule has 1 aliphatic heterocycles. The van der Waals surface area contributed by atoms with Gasteiger partial charge in [0, 0.05) is 25.6 Å². The quantitative estimate of drug-likeness (QED) is 0.816. The molecule has 0 amide bonds. The second-order valence-electron chi connectivity index (χ2n) is 5.37. The number of methoxy groups -OCH3 is 1. The van der Waals surface area contributed by atoms with Crippen molar-refractivity contribution in [3.05, 3.63) is 35.1 Å². The average molecular weight is 249 g/mol. The number of halogens is 1. The van der Waals surface area contributed by atoms with E-state index < -0.39 is 0 Å². The van der Waals surface area contributed by atoms with Gasteiger partial charge in [0.05, 0.1) is 6.61 Å². The summed E-state index contributed by atoms with van der Waals surface area (Å²) in [6.45, 7) is 2.91. The Labute approximate surface area is 108 Å². The monoisotopic (exact) mass is 249 g/mol. The van der Waals surface area contributed by atoms with Gasteiger partial charge in [-0.2, -0.15) is 0 Å². The maximum absolute atomic E-state index is 13.4. The fourth-order valence-electron chi connectivity index (χ4n) is 3.59. The molecule has 1 heterocycles. The summed E-state index contributed by atoms with van der Waals surface area (Å²) in [4.78, 5) is 2.52. The van der Waals surface area contributed by atoms with E-state index in [9.17, 15) is 4.39 Å². The Morgan fingerprint density at radius 3 is 3.11 bits per heavy atom. The van der Waals surface area contributed by atoms with Crippen LogP contribution in [0.4, 0.5) is 4.39 Å². The third kappa shape index (κ3) is 2.06. The fourth-order valence-corrected chi connectivity index (χ4v) is 3.59. The molecule has 2 aliphatic rings. The molecule has 0 N–H and O–H groups in total. The molecule has 0 aromatic heterocycles.